The van der Waals surface area contributed by atoms with Crippen LogP contribution in [0.5, 0.6) is 0 Å². The van der Waals surface area contributed by atoms with E-state index in [1.54, 1.807) is 0 Å². The number of hydrogen-bond donors (Lipinski definition) is 1. The summed E-state index contributed by atoms with van der Waals surface area (Å²) < 4.78 is 22.7. The zero-order chi connectivity index (χ0) is 14.4. The molecule has 0 aromatic heterocycles. The van der Waals surface area contributed by atoms with Crippen molar-refractivity contribution in [1.82, 2.24) is 15.1 Å². The molecule has 0 aromatic carbocycles. The Balaban J connectivity index is 1.78. The zero-order valence-electron chi connectivity index (χ0n) is 12.3. The molecule has 0 bridgehead atoms. The number of hydrogen-bond acceptors (Lipinski definition) is 4. The maximum Gasteiger partial charge on any atom is 0.193 e. The number of aliphatic imine (C=N–C) groups is 1. The van der Waals surface area contributed by atoms with Gasteiger partial charge in [0, 0.05) is 39.3 Å². The third kappa shape index (κ3) is 4.63. The predicted octanol–water partition coefficient (Wildman–Crippen LogP) is -0.222. The van der Waals surface area contributed by atoms with Crippen molar-refractivity contribution < 1.29 is 8.42 Å². The van der Waals surface area contributed by atoms with Crippen LogP contribution in [-0.4, -0.2) is 81.5 Å². The van der Waals surface area contributed by atoms with Gasteiger partial charge in [0.15, 0.2) is 15.8 Å². The van der Waals surface area contributed by atoms with E-state index in [9.17, 15) is 8.42 Å². The Kier molecular flexibility index (Phi) is 5.65. The Bertz CT molecular complexity index is 416. The van der Waals surface area contributed by atoms with Gasteiger partial charge in [-0.25, -0.2) is 8.42 Å². The van der Waals surface area contributed by atoms with Gasteiger partial charge in [-0.05, 0) is 19.8 Å². The molecule has 0 atom stereocenters. The normalized spacial score (nSPS) is 24.1. The maximum absolute atomic E-state index is 11.4. The highest BCUT2D eigenvalue weighted by Gasteiger charge is 2.21. The summed E-state index contributed by atoms with van der Waals surface area (Å²) in [5, 5.41) is 3.34. The van der Waals surface area contributed by atoms with Crippen LogP contribution in [0.4, 0.5) is 0 Å². The molecule has 0 aliphatic carbocycles. The third-order valence-corrected chi connectivity index (χ3v) is 5.46. The molecule has 2 aliphatic heterocycles. The topological polar surface area (TPSA) is 65.0 Å². The summed E-state index contributed by atoms with van der Waals surface area (Å²) in [5.74, 6) is 1.60. The second-order valence-electron chi connectivity index (χ2n) is 5.42. The van der Waals surface area contributed by atoms with E-state index in [4.69, 9.17) is 0 Å². The molecular weight excluding hydrogens is 276 g/mol. The molecule has 2 fully saturated rings. The van der Waals surface area contributed by atoms with E-state index < -0.39 is 9.84 Å². The maximum atomic E-state index is 11.4. The second kappa shape index (κ2) is 7.26. The van der Waals surface area contributed by atoms with Crippen molar-refractivity contribution in [3.05, 3.63) is 0 Å². The van der Waals surface area contributed by atoms with Gasteiger partial charge in [0.2, 0.25) is 0 Å². The van der Waals surface area contributed by atoms with Crippen LogP contribution in [0.1, 0.15) is 19.8 Å². The highest BCUT2D eigenvalue weighted by atomic mass is 32.2. The highest BCUT2D eigenvalue weighted by molar-refractivity contribution is 7.91. The molecule has 6 nitrogen and oxygen atoms in total. The Morgan fingerprint density at radius 2 is 1.80 bits per heavy atom. The number of nitrogens with zero attached hydrogens (tertiary/aromatic N) is 3. The van der Waals surface area contributed by atoms with E-state index >= 15 is 0 Å². The second-order valence-corrected chi connectivity index (χ2v) is 7.73. The largest absolute Gasteiger partial charge is 0.357 e. The number of guanidine groups is 1. The molecule has 116 valence electrons. The SMILES string of the molecule is CCNC(=NCCN1CCS(=O)(=O)CC1)N1CCCC1. The van der Waals surface area contributed by atoms with Crippen molar-refractivity contribution in [3.63, 3.8) is 0 Å². The Hall–Kier alpha value is -0.820. The van der Waals surface area contributed by atoms with Crippen molar-refractivity contribution in [1.29, 1.82) is 0 Å². The molecule has 0 amide bonds. The van der Waals surface area contributed by atoms with E-state index in [0.717, 1.165) is 38.7 Å². The Labute approximate surface area is 122 Å². The van der Waals surface area contributed by atoms with Crippen molar-refractivity contribution in [2.75, 3.05) is 57.3 Å². The Morgan fingerprint density at radius 3 is 2.40 bits per heavy atom. The van der Waals surface area contributed by atoms with Crippen molar-refractivity contribution >= 4 is 15.8 Å². The molecule has 0 radical (unpaired) electrons. The fraction of sp³-hybridized carbons (Fsp3) is 0.923. The minimum atomic E-state index is -2.78. The van der Waals surface area contributed by atoms with Gasteiger partial charge in [0.1, 0.15) is 0 Å². The zero-order valence-corrected chi connectivity index (χ0v) is 13.2. The summed E-state index contributed by atoms with van der Waals surface area (Å²) >= 11 is 0. The van der Waals surface area contributed by atoms with Gasteiger partial charge < -0.3 is 10.2 Å². The lowest BCUT2D eigenvalue weighted by Crippen LogP contribution is -2.42. The van der Waals surface area contributed by atoms with Crippen molar-refractivity contribution in [2.45, 2.75) is 19.8 Å². The smallest absolute Gasteiger partial charge is 0.193 e. The first kappa shape index (κ1) is 15.6. The molecule has 2 rings (SSSR count). The number of rotatable bonds is 4. The van der Waals surface area contributed by atoms with Crippen LogP contribution in [-0.2, 0) is 9.84 Å². The van der Waals surface area contributed by atoms with Crippen LogP contribution >= 0.6 is 0 Å². The molecule has 2 saturated heterocycles. The van der Waals surface area contributed by atoms with E-state index in [1.807, 2.05) is 0 Å². The summed E-state index contributed by atoms with van der Waals surface area (Å²) in [6.45, 7) is 8.04. The molecule has 1 N–H and O–H groups in total. The van der Waals surface area contributed by atoms with Gasteiger partial charge >= 0.3 is 0 Å². The minimum absolute atomic E-state index is 0.295. The first-order valence-corrected chi connectivity index (χ1v) is 9.39. The molecular formula is C13H26N4O2S. The summed E-state index contributed by atoms with van der Waals surface area (Å²) in [7, 11) is -2.78. The average molecular weight is 302 g/mol. The molecule has 0 unspecified atom stereocenters. The van der Waals surface area contributed by atoms with Gasteiger partial charge in [0.05, 0.1) is 18.1 Å². The predicted molar refractivity (Wildman–Crippen MR) is 81.9 cm³/mol. The monoisotopic (exact) mass is 302 g/mol. The number of likely N-dealkylation sites (tertiary alicyclic amines) is 1. The standard InChI is InChI=1S/C13H26N4O2S/c1-2-14-13(17-6-3-4-7-17)15-5-8-16-9-11-20(18,19)12-10-16/h2-12H2,1H3,(H,14,15). The lowest BCUT2D eigenvalue weighted by molar-refractivity contribution is 0.303. The summed E-state index contributed by atoms with van der Waals surface area (Å²) in [4.78, 5) is 9.17. The lowest BCUT2D eigenvalue weighted by Gasteiger charge is -2.26. The Morgan fingerprint density at radius 1 is 1.15 bits per heavy atom. The van der Waals surface area contributed by atoms with E-state index in [2.05, 4.69) is 27.0 Å². The molecule has 20 heavy (non-hydrogen) atoms. The number of nitrogens with one attached hydrogen (secondary N) is 1. The first-order valence-electron chi connectivity index (χ1n) is 7.57. The number of sulfone groups is 1. The van der Waals surface area contributed by atoms with Crippen LogP contribution in [0, 0.1) is 0 Å². The highest BCUT2D eigenvalue weighted by Crippen LogP contribution is 2.07. The molecule has 2 heterocycles. The van der Waals surface area contributed by atoms with Gasteiger partial charge in [-0.2, -0.15) is 0 Å². The van der Waals surface area contributed by atoms with Crippen molar-refractivity contribution in [3.8, 4) is 0 Å². The molecule has 0 spiro atoms. The van der Waals surface area contributed by atoms with Crippen LogP contribution < -0.4 is 5.32 Å². The lowest BCUT2D eigenvalue weighted by atomic mass is 10.4. The molecule has 2 aliphatic rings. The van der Waals surface area contributed by atoms with Gasteiger partial charge in [-0.1, -0.05) is 0 Å². The first-order chi connectivity index (χ1) is 9.61. The van der Waals surface area contributed by atoms with Crippen molar-refractivity contribution in [2.24, 2.45) is 4.99 Å². The fourth-order valence-corrected chi connectivity index (χ4v) is 3.90. The quantitative estimate of drug-likeness (QED) is 0.574. The van der Waals surface area contributed by atoms with Crippen LogP contribution in [0.15, 0.2) is 4.99 Å². The summed E-state index contributed by atoms with van der Waals surface area (Å²) in [5.41, 5.74) is 0. The van der Waals surface area contributed by atoms with Gasteiger partial charge in [-0.3, -0.25) is 9.89 Å². The molecule has 0 aromatic rings. The van der Waals surface area contributed by atoms with E-state index in [0.29, 0.717) is 24.6 Å². The van der Waals surface area contributed by atoms with E-state index in [1.165, 1.54) is 12.8 Å². The molecule has 0 saturated carbocycles. The van der Waals surface area contributed by atoms with Crippen LogP contribution in [0.2, 0.25) is 0 Å². The van der Waals surface area contributed by atoms with Crippen LogP contribution in [0.3, 0.4) is 0 Å². The summed E-state index contributed by atoms with van der Waals surface area (Å²) in [6, 6.07) is 0. The van der Waals surface area contributed by atoms with Gasteiger partial charge in [-0.15, -0.1) is 0 Å². The fourth-order valence-electron chi connectivity index (χ4n) is 2.63. The third-order valence-electron chi connectivity index (χ3n) is 3.86. The van der Waals surface area contributed by atoms with E-state index in [-0.39, 0.29) is 0 Å². The minimum Gasteiger partial charge on any atom is -0.357 e. The van der Waals surface area contributed by atoms with Gasteiger partial charge in [0.25, 0.3) is 0 Å². The van der Waals surface area contributed by atoms with Crippen LogP contribution in [0.25, 0.3) is 0 Å². The summed E-state index contributed by atoms with van der Waals surface area (Å²) in [6.07, 6.45) is 2.49. The molecule has 7 heteroatoms. The average Bonchev–Trinajstić information content (AvgIpc) is 2.93.